The molecule has 136 valence electrons. The van der Waals surface area contributed by atoms with Gasteiger partial charge in [0.2, 0.25) is 0 Å². The maximum atomic E-state index is 10.7. The summed E-state index contributed by atoms with van der Waals surface area (Å²) in [6.07, 6.45) is 1.81. The summed E-state index contributed by atoms with van der Waals surface area (Å²) in [6.45, 7) is 16.5. The SMILES string of the molecule is C=C(C)C(=O)OCC1CO1.C=C(CC)C(=O)O.C=CC(=O)OCC. The highest BCUT2D eigenvalue weighted by Crippen LogP contribution is 2.09. The standard InChI is InChI=1S/C7H10O3.2C5H8O2/c1-5(2)7(8)10-4-6-3-9-6;1-3-5(6)7-4-2;1-3-4(2)5(6)7/h6H,1,3-4H2,2H3;3H,1,4H2,2H3;2-3H2,1H3,(H,6,7). The van der Waals surface area contributed by atoms with E-state index in [2.05, 4.69) is 24.5 Å². The van der Waals surface area contributed by atoms with Gasteiger partial charge in [0.05, 0.1) is 13.2 Å². The first-order chi connectivity index (χ1) is 11.2. The van der Waals surface area contributed by atoms with Crippen molar-refractivity contribution >= 4 is 17.9 Å². The van der Waals surface area contributed by atoms with E-state index in [0.29, 0.717) is 31.8 Å². The second-order valence-corrected chi connectivity index (χ2v) is 4.55. The Kier molecular flexibility index (Phi) is 14.1. The fourth-order valence-corrected chi connectivity index (χ4v) is 0.809. The Morgan fingerprint density at radius 3 is 2.00 bits per heavy atom. The van der Waals surface area contributed by atoms with Crippen molar-refractivity contribution in [1.82, 2.24) is 0 Å². The van der Waals surface area contributed by atoms with Crippen molar-refractivity contribution in [3.8, 4) is 0 Å². The van der Waals surface area contributed by atoms with Crippen LogP contribution in [0.2, 0.25) is 0 Å². The van der Waals surface area contributed by atoms with E-state index >= 15 is 0 Å². The third-order valence-electron chi connectivity index (χ3n) is 2.33. The van der Waals surface area contributed by atoms with E-state index in [9.17, 15) is 14.4 Å². The first-order valence-electron chi connectivity index (χ1n) is 7.33. The van der Waals surface area contributed by atoms with Gasteiger partial charge in [-0.3, -0.25) is 0 Å². The second-order valence-electron chi connectivity index (χ2n) is 4.55. The van der Waals surface area contributed by atoms with E-state index < -0.39 is 5.97 Å². The molecule has 1 N–H and O–H groups in total. The van der Waals surface area contributed by atoms with Crippen LogP contribution in [0.5, 0.6) is 0 Å². The summed E-state index contributed by atoms with van der Waals surface area (Å²) >= 11 is 0. The second kappa shape index (κ2) is 14.2. The fraction of sp³-hybridized carbons (Fsp3) is 0.471. The monoisotopic (exact) mass is 342 g/mol. The zero-order chi connectivity index (χ0) is 19.1. The highest BCUT2D eigenvalue weighted by atomic mass is 16.6. The molecule has 7 heteroatoms. The van der Waals surface area contributed by atoms with Crippen LogP contribution < -0.4 is 0 Å². The molecule has 1 aliphatic rings. The van der Waals surface area contributed by atoms with Crippen LogP contribution in [0.3, 0.4) is 0 Å². The molecule has 0 aromatic heterocycles. The Labute approximate surface area is 142 Å². The number of esters is 2. The molecular formula is C17H26O7. The van der Waals surface area contributed by atoms with Gasteiger partial charge in [-0.05, 0) is 20.3 Å². The number of carboxylic acids is 1. The Morgan fingerprint density at radius 1 is 1.25 bits per heavy atom. The zero-order valence-electron chi connectivity index (χ0n) is 14.5. The van der Waals surface area contributed by atoms with Gasteiger partial charge in [-0.2, -0.15) is 0 Å². The number of hydrogen-bond donors (Lipinski definition) is 1. The van der Waals surface area contributed by atoms with Crippen LogP contribution in [0.1, 0.15) is 27.2 Å². The lowest BCUT2D eigenvalue weighted by atomic mass is 10.2. The number of rotatable bonds is 7. The first-order valence-corrected chi connectivity index (χ1v) is 7.33. The molecule has 0 amide bonds. The van der Waals surface area contributed by atoms with Crippen molar-refractivity contribution in [3.63, 3.8) is 0 Å². The number of aliphatic carboxylic acids is 1. The number of hydrogen-bond acceptors (Lipinski definition) is 6. The van der Waals surface area contributed by atoms with Gasteiger partial charge in [0, 0.05) is 17.2 Å². The van der Waals surface area contributed by atoms with Crippen molar-refractivity contribution in [2.45, 2.75) is 33.3 Å². The van der Waals surface area contributed by atoms with Gasteiger partial charge in [0.25, 0.3) is 0 Å². The van der Waals surface area contributed by atoms with Crippen molar-refractivity contribution < 1.29 is 33.7 Å². The minimum Gasteiger partial charge on any atom is -0.478 e. The van der Waals surface area contributed by atoms with Crippen molar-refractivity contribution in [1.29, 1.82) is 0 Å². The molecule has 7 nitrogen and oxygen atoms in total. The topological polar surface area (TPSA) is 102 Å². The number of carbonyl (C=O) groups excluding carboxylic acids is 2. The average Bonchev–Trinajstić information content (AvgIpc) is 3.37. The van der Waals surface area contributed by atoms with Gasteiger partial charge < -0.3 is 19.3 Å². The summed E-state index contributed by atoms with van der Waals surface area (Å²) in [5.41, 5.74) is 0.695. The molecule has 1 heterocycles. The molecule has 1 aliphatic heterocycles. The molecule has 0 aliphatic carbocycles. The summed E-state index contributed by atoms with van der Waals surface area (Å²) in [5, 5.41) is 8.08. The molecule has 1 unspecified atom stereocenters. The molecule has 1 atom stereocenters. The van der Waals surface area contributed by atoms with Gasteiger partial charge >= 0.3 is 17.9 Å². The summed E-state index contributed by atoms with van der Waals surface area (Å²) in [4.78, 5) is 30.6. The van der Waals surface area contributed by atoms with E-state index in [1.165, 1.54) is 0 Å². The van der Waals surface area contributed by atoms with E-state index in [1.54, 1.807) is 20.8 Å². The lowest BCUT2D eigenvalue weighted by Crippen LogP contribution is -2.09. The van der Waals surface area contributed by atoms with E-state index in [4.69, 9.17) is 14.6 Å². The van der Waals surface area contributed by atoms with Crippen LogP contribution in [0.4, 0.5) is 0 Å². The Hall–Kier alpha value is -2.41. The lowest BCUT2D eigenvalue weighted by Gasteiger charge is -1.99. The molecule has 1 fully saturated rings. The minimum absolute atomic E-state index is 0.142. The number of ether oxygens (including phenoxy) is 3. The molecular weight excluding hydrogens is 316 g/mol. The predicted molar refractivity (Wildman–Crippen MR) is 89.4 cm³/mol. The van der Waals surface area contributed by atoms with Gasteiger partial charge in [-0.1, -0.05) is 26.7 Å². The van der Waals surface area contributed by atoms with Crippen molar-refractivity contribution in [3.05, 3.63) is 37.0 Å². The number of carbonyl (C=O) groups is 3. The summed E-state index contributed by atoms with van der Waals surface area (Å²) in [7, 11) is 0. The maximum absolute atomic E-state index is 10.7. The zero-order valence-corrected chi connectivity index (χ0v) is 14.5. The Morgan fingerprint density at radius 2 is 1.79 bits per heavy atom. The smallest absolute Gasteiger partial charge is 0.333 e. The Bertz CT molecular complexity index is 460. The Balaban J connectivity index is 0. The summed E-state index contributed by atoms with van der Waals surface area (Å²) < 4.78 is 14.0. The molecule has 1 saturated heterocycles. The molecule has 0 bridgehead atoms. The third-order valence-corrected chi connectivity index (χ3v) is 2.33. The van der Waals surface area contributed by atoms with Crippen molar-refractivity contribution in [2.24, 2.45) is 0 Å². The van der Waals surface area contributed by atoms with Gasteiger partial charge in [-0.25, -0.2) is 14.4 Å². The minimum atomic E-state index is -0.900. The maximum Gasteiger partial charge on any atom is 0.333 e. The normalized spacial score (nSPS) is 13.7. The molecule has 0 radical (unpaired) electrons. The third kappa shape index (κ3) is 16.0. The highest BCUT2D eigenvalue weighted by molar-refractivity contribution is 5.87. The van der Waals surface area contributed by atoms with E-state index in [0.717, 1.165) is 6.08 Å². The lowest BCUT2D eigenvalue weighted by molar-refractivity contribution is -0.139. The molecule has 0 aromatic rings. The molecule has 24 heavy (non-hydrogen) atoms. The average molecular weight is 342 g/mol. The highest BCUT2D eigenvalue weighted by Gasteiger charge is 2.24. The summed E-state index contributed by atoms with van der Waals surface area (Å²) in [6, 6.07) is 0. The van der Waals surface area contributed by atoms with Gasteiger partial charge in [0.15, 0.2) is 0 Å². The van der Waals surface area contributed by atoms with Crippen molar-refractivity contribution in [2.75, 3.05) is 19.8 Å². The van der Waals surface area contributed by atoms with Crippen LogP contribution in [0.25, 0.3) is 0 Å². The molecule has 0 spiro atoms. The number of epoxide rings is 1. The molecule has 0 aromatic carbocycles. The number of carboxylic acid groups (broad SMARTS) is 1. The molecule has 1 rings (SSSR count). The van der Waals surface area contributed by atoms with Crippen LogP contribution in [0.15, 0.2) is 37.0 Å². The largest absolute Gasteiger partial charge is 0.478 e. The van der Waals surface area contributed by atoms with Gasteiger partial charge in [0.1, 0.15) is 12.7 Å². The predicted octanol–water partition coefficient (Wildman–Crippen LogP) is 2.28. The van der Waals surface area contributed by atoms with Crippen LogP contribution in [-0.4, -0.2) is 48.9 Å². The van der Waals surface area contributed by atoms with Crippen LogP contribution in [-0.2, 0) is 28.6 Å². The van der Waals surface area contributed by atoms with E-state index in [1.807, 2.05) is 0 Å². The quantitative estimate of drug-likeness (QED) is 0.430. The van der Waals surface area contributed by atoms with Gasteiger partial charge in [-0.15, -0.1) is 0 Å². The van der Waals surface area contributed by atoms with Crippen LogP contribution >= 0.6 is 0 Å². The fourth-order valence-electron chi connectivity index (χ4n) is 0.809. The van der Waals surface area contributed by atoms with E-state index in [-0.39, 0.29) is 23.6 Å². The van der Waals surface area contributed by atoms with Crippen LogP contribution in [0, 0.1) is 0 Å². The summed E-state index contributed by atoms with van der Waals surface area (Å²) in [5.74, 6) is -1.60. The first kappa shape index (κ1) is 23.9. The molecule has 0 saturated carbocycles.